The van der Waals surface area contributed by atoms with Crippen molar-refractivity contribution in [2.45, 2.75) is 86.7 Å². The monoisotopic (exact) mass is 482 g/mol. The summed E-state index contributed by atoms with van der Waals surface area (Å²) in [5, 5.41) is 13.9. The number of aliphatic carboxylic acids is 2. The number of para-hydroxylation sites is 1. The molecule has 0 aliphatic heterocycles. The summed E-state index contributed by atoms with van der Waals surface area (Å²) in [4.78, 5) is 20.0. The molecule has 10 heteroatoms. The zero-order valence-electron chi connectivity index (χ0n) is 19.3. The summed E-state index contributed by atoms with van der Waals surface area (Å²) in [6.45, 7) is 4.48. The standard InChI is InChI=1S/C18H29O.C4H6O7S.Na/c1-3-5-6-7-8-9-10-13-17-14-11-12-15-18(17)19-16-4-2;5-3(6)1-2(4(7)8)12(9,10)11;/h11-12,14-16H,3-10,13H2,1-2H3;2H,1H2,(H,5,6)(H,7,8)(H,9,10,11);. The second-order valence-corrected chi connectivity index (χ2v) is 10.6. The van der Waals surface area contributed by atoms with Crippen LogP contribution in [0.15, 0.2) is 24.3 Å². The second-order valence-electron chi connectivity index (χ2n) is 7.76. The van der Waals surface area contributed by atoms with Crippen LogP contribution in [0.2, 0.25) is 0 Å². The average molecular weight is 483 g/mol. The molecule has 0 saturated carbocycles. The fourth-order valence-electron chi connectivity index (χ4n) is 2.88. The van der Waals surface area contributed by atoms with Crippen molar-refractivity contribution in [1.82, 2.24) is 0 Å². The molecule has 2 unspecified atom stereocenters. The summed E-state index contributed by atoms with van der Waals surface area (Å²) in [6.07, 6.45) is 10.7. The van der Waals surface area contributed by atoms with Crippen LogP contribution in [0.1, 0.15) is 77.2 Å². The first-order valence-corrected chi connectivity index (χ1v) is 13.8. The minimum atomic E-state index is -4.84. The number of carboxylic acids is 2. The molecule has 8 nitrogen and oxygen atoms in total. The predicted octanol–water partition coefficient (Wildman–Crippen LogP) is 4.07. The third-order valence-corrected chi connectivity index (χ3v) is 7.06. The molecule has 1 aromatic rings. The van der Waals surface area contributed by atoms with Crippen LogP contribution in [0.4, 0.5) is 0 Å². The molecule has 0 aliphatic carbocycles. The molecule has 3 N–H and O–H groups in total. The maximum atomic E-state index is 10.2. The fourth-order valence-corrected chi connectivity index (χ4v) is 3.74. The number of carbonyl (C=O) groups is 2. The first-order chi connectivity index (χ1) is 15.0. The molecular weight excluding hydrogens is 447 g/mol. The number of unbranched alkanes of at least 4 members (excludes halogenated alkanes) is 6. The van der Waals surface area contributed by atoms with Crippen LogP contribution in [0.25, 0.3) is 0 Å². The second kappa shape index (κ2) is 17.4. The largest absolute Gasteiger partial charge is 0.481 e. The molecule has 1 rings (SSSR count). The number of hydrogen-bond acceptors (Lipinski definition) is 5. The molecule has 0 aliphatic rings. The normalized spacial score (nSPS) is 12.9. The molecule has 0 spiro atoms. The van der Waals surface area contributed by atoms with Gasteiger partial charge in [0, 0.05) is 0 Å². The van der Waals surface area contributed by atoms with E-state index < -0.39 is 33.7 Å². The molecule has 1 aromatic carbocycles. The molecule has 0 radical (unpaired) electrons. The van der Waals surface area contributed by atoms with Gasteiger partial charge in [-0.25, -0.2) is 0 Å². The van der Waals surface area contributed by atoms with Gasteiger partial charge in [0.2, 0.25) is 0 Å². The Balaban J connectivity index is 0.000000687. The van der Waals surface area contributed by atoms with Crippen LogP contribution in [-0.4, -0.2) is 71.7 Å². The van der Waals surface area contributed by atoms with Crippen molar-refractivity contribution >= 4 is 50.0 Å². The Bertz CT molecular complexity index is 782. The Labute approximate surface area is 208 Å². The number of benzene rings is 1. The van der Waals surface area contributed by atoms with Crippen LogP contribution < -0.4 is 4.74 Å². The van der Waals surface area contributed by atoms with Crippen molar-refractivity contribution in [1.29, 1.82) is 0 Å². The van der Waals surface area contributed by atoms with E-state index >= 15 is 0 Å². The Hall–Kier alpha value is -1.13. The number of rotatable bonds is 15. The van der Waals surface area contributed by atoms with E-state index in [0.717, 1.165) is 40.1 Å². The van der Waals surface area contributed by atoms with Crippen molar-refractivity contribution < 1.29 is 37.5 Å². The van der Waals surface area contributed by atoms with Gasteiger partial charge in [-0.3, -0.25) is 14.1 Å². The fraction of sp³-hybridized carbons (Fsp3) is 0.636. The van der Waals surface area contributed by atoms with E-state index in [1.165, 1.54) is 56.9 Å². The third kappa shape index (κ3) is 14.8. The Morgan fingerprint density at radius 2 is 1.56 bits per heavy atom. The predicted molar refractivity (Wildman–Crippen MR) is 124 cm³/mol. The van der Waals surface area contributed by atoms with Gasteiger partial charge < -0.3 is 10.2 Å². The average Bonchev–Trinajstić information content (AvgIpc) is 2.71. The quantitative estimate of drug-likeness (QED) is 0.193. The van der Waals surface area contributed by atoms with Crippen molar-refractivity contribution in [2.24, 2.45) is 0 Å². The van der Waals surface area contributed by atoms with E-state index in [9.17, 15) is 18.0 Å². The van der Waals surface area contributed by atoms with Gasteiger partial charge in [-0.2, -0.15) is 8.42 Å². The maximum Gasteiger partial charge on any atom is 0.325 e. The molecule has 0 saturated heterocycles. The first-order valence-electron chi connectivity index (χ1n) is 11.2. The smallest absolute Gasteiger partial charge is 0.325 e. The molecule has 0 fully saturated rings. The van der Waals surface area contributed by atoms with Gasteiger partial charge in [0.25, 0.3) is 10.1 Å². The number of carboxylic acid groups (broad SMARTS) is 2. The summed E-state index contributed by atoms with van der Waals surface area (Å²) in [7, 11) is -4.84. The topological polar surface area (TPSA) is 138 Å². The number of hydrogen-bond donors (Lipinski definition) is 3. The van der Waals surface area contributed by atoms with Crippen LogP contribution in [-0.2, 0) is 26.1 Å². The molecule has 32 heavy (non-hydrogen) atoms. The molecular formula is C22H35NaO8S. The zero-order chi connectivity index (χ0) is 24.6. The molecule has 178 valence electrons. The van der Waals surface area contributed by atoms with Gasteiger partial charge in [-0.1, -0.05) is 6.92 Å². The first kappa shape index (κ1) is 30.9. The van der Waals surface area contributed by atoms with E-state index in [2.05, 4.69) is 38.1 Å². The molecule has 0 amide bonds. The molecule has 0 bridgehead atoms. The van der Waals surface area contributed by atoms with Gasteiger partial charge in [0.05, 0.1) is 6.42 Å². The van der Waals surface area contributed by atoms with Crippen LogP contribution in [0, 0.1) is 0 Å². The number of ether oxygens (including phenoxy) is 1. The Morgan fingerprint density at radius 1 is 1.00 bits per heavy atom. The summed E-state index contributed by atoms with van der Waals surface area (Å²) in [5.41, 5.74) is 1.40. The van der Waals surface area contributed by atoms with Gasteiger partial charge >= 0.3 is 148 Å². The van der Waals surface area contributed by atoms with Crippen LogP contribution in [0.3, 0.4) is 0 Å². The summed E-state index contributed by atoms with van der Waals surface area (Å²) in [6, 6.07) is 8.60. The van der Waals surface area contributed by atoms with Crippen molar-refractivity contribution in [3.05, 3.63) is 29.8 Å². The summed E-state index contributed by atoms with van der Waals surface area (Å²) >= 11 is 1.11. The van der Waals surface area contributed by atoms with Gasteiger partial charge in [-0.05, 0) is 0 Å². The van der Waals surface area contributed by atoms with Gasteiger partial charge in [0.15, 0.2) is 5.25 Å². The summed E-state index contributed by atoms with van der Waals surface area (Å²) in [5.74, 6) is -2.37. The van der Waals surface area contributed by atoms with E-state index in [0.29, 0.717) is 3.35 Å². The van der Waals surface area contributed by atoms with Crippen LogP contribution in [0.5, 0.6) is 5.75 Å². The molecule has 0 aromatic heterocycles. The minimum Gasteiger partial charge on any atom is -0.481 e. The van der Waals surface area contributed by atoms with Gasteiger partial charge in [-0.15, -0.1) is 0 Å². The van der Waals surface area contributed by atoms with E-state index in [1.807, 2.05) is 0 Å². The zero-order valence-corrected chi connectivity index (χ0v) is 22.1. The Kier molecular flexibility index (Phi) is 16.7. The number of aryl methyl sites for hydroxylation is 1. The molecule has 0 heterocycles. The summed E-state index contributed by atoms with van der Waals surface area (Å²) < 4.78 is 35.2. The van der Waals surface area contributed by atoms with Crippen molar-refractivity contribution in [2.75, 3.05) is 0 Å². The van der Waals surface area contributed by atoms with Crippen LogP contribution >= 0.6 is 0 Å². The Morgan fingerprint density at radius 3 is 2.03 bits per heavy atom. The van der Waals surface area contributed by atoms with Crippen molar-refractivity contribution in [3.63, 3.8) is 0 Å². The third-order valence-electron chi connectivity index (χ3n) is 4.92. The van der Waals surface area contributed by atoms with Gasteiger partial charge in [0.1, 0.15) is 0 Å². The minimum absolute atomic E-state index is 0.449. The maximum absolute atomic E-state index is 10.2. The van der Waals surface area contributed by atoms with E-state index in [4.69, 9.17) is 19.5 Å². The van der Waals surface area contributed by atoms with E-state index in [1.54, 1.807) is 0 Å². The van der Waals surface area contributed by atoms with E-state index in [-0.39, 0.29) is 0 Å². The molecule has 2 atom stereocenters. The SMILES string of the molecule is CCCCCCCCCc1ccccc1O[CH]([Na])CC.O=C(O)CC(C(=O)O)S(=O)(=O)O. The van der Waals surface area contributed by atoms with Crippen molar-refractivity contribution in [3.8, 4) is 5.75 Å².